The number of rotatable bonds is 9. The predicted molar refractivity (Wildman–Crippen MR) is 127 cm³/mol. The zero-order chi connectivity index (χ0) is 23.0. The fraction of sp³-hybridized carbons (Fsp3) is 0.348. The zero-order valence-corrected chi connectivity index (χ0v) is 19.0. The molecule has 1 aromatic heterocycles. The summed E-state index contributed by atoms with van der Waals surface area (Å²) in [4.78, 5) is 25.4. The van der Waals surface area contributed by atoms with Gasteiger partial charge in [-0.1, -0.05) is 36.4 Å². The lowest BCUT2D eigenvalue weighted by Gasteiger charge is -2.26. The molecule has 1 aliphatic heterocycles. The van der Waals surface area contributed by atoms with E-state index in [1.165, 1.54) is 43.2 Å². The summed E-state index contributed by atoms with van der Waals surface area (Å²) in [6, 6.07) is 15.8. The van der Waals surface area contributed by atoms with Crippen molar-refractivity contribution < 1.29 is 9.72 Å². The average molecular weight is 467 g/mol. The van der Waals surface area contributed by atoms with Crippen LogP contribution in [0.15, 0.2) is 59.8 Å². The maximum Gasteiger partial charge on any atom is 0.269 e. The lowest BCUT2D eigenvalue weighted by atomic mass is 10.1. The highest BCUT2D eigenvalue weighted by Crippen LogP contribution is 2.28. The molecule has 0 saturated carbocycles. The monoisotopic (exact) mass is 466 g/mol. The van der Waals surface area contributed by atoms with Gasteiger partial charge in [0.05, 0.1) is 10.7 Å². The minimum absolute atomic E-state index is 0.0142. The highest BCUT2D eigenvalue weighted by atomic mass is 32.2. The highest BCUT2D eigenvalue weighted by Gasteiger charge is 2.18. The van der Waals surface area contributed by atoms with E-state index in [2.05, 4.69) is 20.4 Å². The zero-order valence-electron chi connectivity index (χ0n) is 18.2. The summed E-state index contributed by atoms with van der Waals surface area (Å²) in [6.07, 6.45) is 3.76. The number of hydrogen-bond donors (Lipinski definition) is 1. The van der Waals surface area contributed by atoms with Gasteiger partial charge < -0.3 is 10.2 Å². The van der Waals surface area contributed by atoms with E-state index in [-0.39, 0.29) is 17.3 Å². The molecule has 9 nitrogen and oxygen atoms in total. The molecular weight excluding hydrogens is 440 g/mol. The van der Waals surface area contributed by atoms with Crippen LogP contribution in [0.2, 0.25) is 0 Å². The first-order chi connectivity index (χ1) is 16.1. The molecule has 2 aromatic carbocycles. The van der Waals surface area contributed by atoms with Crippen molar-refractivity contribution in [2.45, 2.75) is 24.4 Å². The Balaban J connectivity index is 1.45. The van der Waals surface area contributed by atoms with E-state index in [1.54, 1.807) is 12.1 Å². The van der Waals surface area contributed by atoms with Crippen LogP contribution < -0.4 is 5.32 Å². The summed E-state index contributed by atoms with van der Waals surface area (Å²) < 4.78 is 1.87. The topological polar surface area (TPSA) is 106 Å². The van der Waals surface area contributed by atoms with Gasteiger partial charge in [0.15, 0.2) is 11.0 Å². The Morgan fingerprint density at radius 2 is 1.76 bits per heavy atom. The molecule has 2 heterocycles. The number of nitro groups is 1. The summed E-state index contributed by atoms with van der Waals surface area (Å²) in [5.74, 6) is 0.742. The van der Waals surface area contributed by atoms with Gasteiger partial charge >= 0.3 is 0 Å². The van der Waals surface area contributed by atoms with Gasteiger partial charge in [-0.2, -0.15) is 0 Å². The largest absolute Gasteiger partial charge is 0.354 e. The third kappa shape index (κ3) is 5.96. The number of nitrogens with one attached hydrogen (secondary N) is 1. The molecule has 10 heteroatoms. The van der Waals surface area contributed by atoms with Crippen molar-refractivity contribution in [2.75, 3.05) is 31.9 Å². The number of benzene rings is 2. The predicted octanol–water partition coefficient (Wildman–Crippen LogP) is 3.54. The van der Waals surface area contributed by atoms with Crippen LogP contribution in [-0.4, -0.2) is 62.4 Å². The van der Waals surface area contributed by atoms with Crippen LogP contribution in [0, 0.1) is 10.1 Å². The maximum absolute atomic E-state index is 12.4. The number of aromatic nitrogens is 3. The van der Waals surface area contributed by atoms with Crippen LogP contribution in [0.5, 0.6) is 0 Å². The maximum atomic E-state index is 12.4. The minimum Gasteiger partial charge on any atom is -0.354 e. The number of thioether (sulfide) groups is 1. The number of nitrogens with zero attached hydrogens (tertiary/aromatic N) is 5. The highest BCUT2D eigenvalue weighted by molar-refractivity contribution is 7.99. The van der Waals surface area contributed by atoms with Crippen LogP contribution in [-0.2, 0) is 4.79 Å². The Hall–Kier alpha value is -3.24. The molecule has 0 unspecified atom stereocenters. The van der Waals surface area contributed by atoms with Gasteiger partial charge in [0.1, 0.15) is 0 Å². The first-order valence-electron chi connectivity index (χ1n) is 11.0. The standard InChI is InChI=1S/C23H26N6O3S/c30-21(24-13-16-27-14-5-2-6-15-27)17-33-23-26-25-22(28(23)19-7-3-1-4-8-19)18-9-11-20(12-10-18)29(31)32/h1,3-4,7-12H,2,5-6,13-17H2,(H,24,30). The van der Waals surface area contributed by atoms with E-state index in [1.807, 2.05) is 34.9 Å². The molecule has 0 atom stereocenters. The molecule has 3 aromatic rings. The lowest BCUT2D eigenvalue weighted by molar-refractivity contribution is -0.384. The third-order valence-electron chi connectivity index (χ3n) is 5.52. The van der Waals surface area contributed by atoms with E-state index in [4.69, 9.17) is 0 Å². The van der Waals surface area contributed by atoms with E-state index < -0.39 is 4.92 Å². The van der Waals surface area contributed by atoms with Gasteiger partial charge in [-0.05, 0) is 50.2 Å². The quantitative estimate of drug-likeness (QED) is 0.292. The molecule has 1 N–H and O–H groups in total. The molecule has 1 amide bonds. The number of piperidine rings is 1. The Labute approximate surface area is 196 Å². The molecule has 4 rings (SSSR count). The Morgan fingerprint density at radius 3 is 2.45 bits per heavy atom. The summed E-state index contributed by atoms with van der Waals surface area (Å²) in [6.45, 7) is 3.73. The number of para-hydroxylation sites is 1. The van der Waals surface area contributed by atoms with Crippen LogP contribution in [0.3, 0.4) is 0 Å². The second kappa shape index (κ2) is 11.1. The number of likely N-dealkylation sites (tertiary alicyclic amines) is 1. The fourth-order valence-corrected chi connectivity index (χ4v) is 4.59. The number of nitro benzene ring substituents is 1. The number of carbonyl (C=O) groups is 1. The summed E-state index contributed by atoms with van der Waals surface area (Å²) in [7, 11) is 0. The van der Waals surface area contributed by atoms with E-state index in [0.717, 1.165) is 25.3 Å². The van der Waals surface area contributed by atoms with Crippen molar-refractivity contribution in [3.05, 3.63) is 64.7 Å². The van der Waals surface area contributed by atoms with Gasteiger partial charge in [0.2, 0.25) is 5.91 Å². The van der Waals surface area contributed by atoms with Crippen molar-refractivity contribution in [3.8, 4) is 17.1 Å². The second-order valence-electron chi connectivity index (χ2n) is 7.82. The number of non-ortho nitro benzene ring substituents is 1. The molecule has 0 bridgehead atoms. The second-order valence-corrected chi connectivity index (χ2v) is 8.76. The molecule has 0 radical (unpaired) electrons. The van der Waals surface area contributed by atoms with Crippen LogP contribution in [0.25, 0.3) is 17.1 Å². The number of hydrogen-bond acceptors (Lipinski definition) is 7. The number of amides is 1. The molecule has 1 fully saturated rings. The SMILES string of the molecule is O=C(CSc1nnc(-c2ccc([N+](=O)[O-])cc2)n1-c1ccccc1)NCCN1CCCCC1. The lowest BCUT2D eigenvalue weighted by Crippen LogP contribution is -2.38. The normalized spacial score (nSPS) is 14.2. The first-order valence-corrected chi connectivity index (χ1v) is 12.0. The van der Waals surface area contributed by atoms with Gasteiger partial charge in [-0.25, -0.2) is 0 Å². The van der Waals surface area contributed by atoms with E-state index in [0.29, 0.717) is 23.1 Å². The van der Waals surface area contributed by atoms with Crippen molar-refractivity contribution in [1.82, 2.24) is 25.0 Å². The molecule has 0 spiro atoms. The molecule has 33 heavy (non-hydrogen) atoms. The molecule has 1 saturated heterocycles. The Morgan fingerprint density at radius 1 is 1.03 bits per heavy atom. The van der Waals surface area contributed by atoms with Crippen molar-refractivity contribution in [2.24, 2.45) is 0 Å². The minimum atomic E-state index is -0.434. The van der Waals surface area contributed by atoms with Crippen LogP contribution >= 0.6 is 11.8 Å². The summed E-state index contributed by atoms with van der Waals surface area (Å²) in [5.41, 5.74) is 1.57. The Bertz CT molecular complexity index is 1080. The van der Waals surface area contributed by atoms with Gasteiger partial charge in [-0.15, -0.1) is 10.2 Å². The Kier molecular flexibility index (Phi) is 7.69. The average Bonchev–Trinajstić information content (AvgIpc) is 3.28. The number of carbonyl (C=O) groups excluding carboxylic acids is 1. The first kappa shape index (κ1) is 22.9. The van der Waals surface area contributed by atoms with Crippen LogP contribution in [0.1, 0.15) is 19.3 Å². The smallest absolute Gasteiger partial charge is 0.269 e. The summed E-state index contributed by atoms with van der Waals surface area (Å²) in [5, 5.41) is 23.2. The fourth-order valence-electron chi connectivity index (χ4n) is 3.81. The third-order valence-corrected chi connectivity index (χ3v) is 6.44. The van der Waals surface area contributed by atoms with Gasteiger partial charge in [-0.3, -0.25) is 19.5 Å². The molecular formula is C23H26N6O3S. The van der Waals surface area contributed by atoms with Gasteiger partial charge in [0.25, 0.3) is 5.69 Å². The van der Waals surface area contributed by atoms with Gasteiger partial charge in [0, 0.05) is 36.5 Å². The van der Waals surface area contributed by atoms with E-state index >= 15 is 0 Å². The van der Waals surface area contributed by atoms with E-state index in [9.17, 15) is 14.9 Å². The van der Waals surface area contributed by atoms with Crippen molar-refractivity contribution >= 4 is 23.4 Å². The summed E-state index contributed by atoms with van der Waals surface area (Å²) >= 11 is 1.32. The van der Waals surface area contributed by atoms with Crippen LogP contribution in [0.4, 0.5) is 5.69 Å². The molecule has 172 valence electrons. The molecule has 1 aliphatic rings. The van der Waals surface area contributed by atoms with Crippen molar-refractivity contribution in [3.63, 3.8) is 0 Å². The molecule has 0 aliphatic carbocycles. The van der Waals surface area contributed by atoms with Crippen molar-refractivity contribution in [1.29, 1.82) is 0 Å².